The van der Waals surface area contributed by atoms with Crippen LogP contribution in [0.25, 0.3) is 0 Å². The van der Waals surface area contributed by atoms with Crippen molar-refractivity contribution >= 4 is 5.97 Å². The second-order valence-corrected chi connectivity index (χ2v) is 3.71. The van der Waals surface area contributed by atoms with Crippen LogP contribution in [-0.4, -0.2) is 20.6 Å². The molecule has 0 fully saturated rings. The van der Waals surface area contributed by atoms with Crippen LogP contribution >= 0.6 is 0 Å². The van der Waals surface area contributed by atoms with Crippen LogP contribution in [0.4, 0.5) is 4.39 Å². The van der Waals surface area contributed by atoms with E-state index < -0.39 is 11.9 Å². The Bertz CT molecular complexity index is 537. The van der Waals surface area contributed by atoms with Crippen molar-refractivity contribution in [3.63, 3.8) is 0 Å². The number of rotatable bonds is 4. The van der Waals surface area contributed by atoms with Gasteiger partial charge in [0.15, 0.2) is 0 Å². The molecule has 4 nitrogen and oxygen atoms in total. The summed E-state index contributed by atoms with van der Waals surface area (Å²) in [4.78, 5) is 14.2. The predicted octanol–water partition coefficient (Wildman–Crippen LogP) is 1.70. The number of hydrogen-bond donors (Lipinski definition) is 1. The van der Waals surface area contributed by atoms with Gasteiger partial charge in [0.1, 0.15) is 0 Å². The average Bonchev–Trinajstić information content (AvgIpc) is 2.66. The van der Waals surface area contributed by atoms with Crippen molar-refractivity contribution in [1.82, 2.24) is 9.55 Å². The predicted molar refractivity (Wildman–Crippen MR) is 59.1 cm³/mol. The van der Waals surface area contributed by atoms with Gasteiger partial charge in [0.2, 0.25) is 5.95 Å². The van der Waals surface area contributed by atoms with Crippen molar-refractivity contribution < 1.29 is 14.3 Å². The summed E-state index contributed by atoms with van der Waals surface area (Å²) in [5.41, 5.74) is 1.58. The summed E-state index contributed by atoms with van der Waals surface area (Å²) >= 11 is 0. The summed E-state index contributed by atoms with van der Waals surface area (Å²) in [7, 11) is 0. The second-order valence-electron chi connectivity index (χ2n) is 3.71. The lowest BCUT2D eigenvalue weighted by Gasteiger charge is -2.07. The zero-order valence-corrected chi connectivity index (χ0v) is 9.01. The van der Waals surface area contributed by atoms with Gasteiger partial charge in [-0.2, -0.15) is 4.39 Å². The highest BCUT2D eigenvalue weighted by Crippen LogP contribution is 2.11. The fourth-order valence-electron chi connectivity index (χ4n) is 1.66. The van der Waals surface area contributed by atoms with E-state index >= 15 is 0 Å². The van der Waals surface area contributed by atoms with Crippen LogP contribution in [0.1, 0.15) is 11.1 Å². The third-order valence-corrected chi connectivity index (χ3v) is 2.41. The minimum absolute atomic E-state index is 0.0344. The molecule has 88 valence electrons. The SMILES string of the molecule is O=C(O)Cc1ccccc1Cn1cnc(F)c1. The van der Waals surface area contributed by atoms with Crippen molar-refractivity contribution in [3.8, 4) is 0 Å². The molecule has 1 aromatic heterocycles. The molecule has 1 heterocycles. The van der Waals surface area contributed by atoms with Gasteiger partial charge < -0.3 is 9.67 Å². The lowest BCUT2D eigenvalue weighted by Crippen LogP contribution is -2.06. The van der Waals surface area contributed by atoms with Gasteiger partial charge in [-0.15, -0.1) is 0 Å². The van der Waals surface area contributed by atoms with Crippen LogP contribution in [0.3, 0.4) is 0 Å². The third-order valence-electron chi connectivity index (χ3n) is 2.41. The van der Waals surface area contributed by atoms with Crippen LogP contribution in [0.2, 0.25) is 0 Å². The highest BCUT2D eigenvalue weighted by molar-refractivity contribution is 5.70. The molecule has 0 aliphatic rings. The first-order valence-corrected chi connectivity index (χ1v) is 5.11. The molecule has 1 aromatic carbocycles. The molecule has 0 atom stereocenters. The minimum Gasteiger partial charge on any atom is -0.481 e. The topological polar surface area (TPSA) is 55.1 Å². The number of aromatic nitrogens is 2. The van der Waals surface area contributed by atoms with Crippen molar-refractivity contribution in [3.05, 3.63) is 53.9 Å². The Hall–Kier alpha value is -2.17. The minimum atomic E-state index is -0.880. The first-order valence-electron chi connectivity index (χ1n) is 5.11. The van der Waals surface area contributed by atoms with Crippen LogP contribution in [0, 0.1) is 5.95 Å². The van der Waals surface area contributed by atoms with E-state index in [1.165, 1.54) is 12.5 Å². The molecule has 1 N–H and O–H groups in total. The molecule has 0 radical (unpaired) electrons. The number of hydrogen-bond acceptors (Lipinski definition) is 2. The van der Waals surface area contributed by atoms with Crippen molar-refractivity contribution in [2.45, 2.75) is 13.0 Å². The van der Waals surface area contributed by atoms with E-state index in [-0.39, 0.29) is 6.42 Å². The molecule has 0 spiro atoms. The average molecular weight is 234 g/mol. The maximum atomic E-state index is 12.7. The summed E-state index contributed by atoms with van der Waals surface area (Å²) in [6, 6.07) is 7.21. The van der Waals surface area contributed by atoms with Gasteiger partial charge >= 0.3 is 5.97 Å². The van der Waals surface area contributed by atoms with Crippen LogP contribution < -0.4 is 0 Å². The first kappa shape index (κ1) is 11.3. The number of carboxylic acid groups (broad SMARTS) is 1. The number of carbonyl (C=O) groups is 1. The smallest absolute Gasteiger partial charge is 0.307 e. The van der Waals surface area contributed by atoms with Crippen LogP contribution in [-0.2, 0) is 17.8 Å². The quantitative estimate of drug-likeness (QED) is 0.875. The number of halogens is 1. The van der Waals surface area contributed by atoms with Gasteiger partial charge in [0.05, 0.1) is 18.9 Å². The van der Waals surface area contributed by atoms with Gasteiger partial charge in [0, 0.05) is 6.54 Å². The maximum Gasteiger partial charge on any atom is 0.307 e. The van der Waals surface area contributed by atoms with Crippen molar-refractivity contribution in [2.24, 2.45) is 0 Å². The van der Waals surface area contributed by atoms with Crippen molar-refractivity contribution in [1.29, 1.82) is 0 Å². The molecule has 0 saturated heterocycles. The Labute approximate surface area is 97.3 Å². The van der Waals surface area contributed by atoms with E-state index in [2.05, 4.69) is 4.98 Å². The second kappa shape index (κ2) is 4.78. The zero-order valence-electron chi connectivity index (χ0n) is 9.01. The van der Waals surface area contributed by atoms with Gasteiger partial charge in [-0.25, -0.2) is 4.98 Å². The molecule has 2 rings (SSSR count). The van der Waals surface area contributed by atoms with E-state index in [4.69, 9.17) is 5.11 Å². The van der Waals surface area contributed by atoms with Gasteiger partial charge in [0.25, 0.3) is 0 Å². The summed E-state index contributed by atoms with van der Waals surface area (Å²) < 4.78 is 14.3. The molecular weight excluding hydrogens is 223 g/mol. The lowest BCUT2D eigenvalue weighted by molar-refractivity contribution is -0.136. The van der Waals surface area contributed by atoms with Crippen molar-refractivity contribution in [2.75, 3.05) is 0 Å². The maximum absolute atomic E-state index is 12.7. The molecule has 0 unspecified atom stereocenters. The summed E-state index contributed by atoms with van der Waals surface area (Å²) in [5, 5.41) is 8.78. The molecule has 17 heavy (non-hydrogen) atoms. The Morgan fingerprint density at radius 1 is 1.35 bits per heavy atom. The van der Waals surface area contributed by atoms with E-state index in [1.54, 1.807) is 16.7 Å². The monoisotopic (exact) mass is 234 g/mol. The highest BCUT2D eigenvalue weighted by atomic mass is 19.1. The summed E-state index contributed by atoms with van der Waals surface area (Å²) in [5.74, 6) is -1.42. The molecule has 0 aliphatic heterocycles. The largest absolute Gasteiger partial charge is 0.481 e. The van der Waals surface area contributed by atoms with E-state index in [1.807, 2.05) is 12.1 Å². The Balaban J connectivity index is 2.23. The zero-order chi connectivity index (χ0) is 12.3. The number of carboxylic acids is 1. The fraction of sp³-hybridized carbons (Fsp3) is 0.167. The Morgan fingerprint density at radius 2 is 2.06 bits per heavy atom. The third kappa shape index (κ3) is 2.90. The molecule has 5 heteroatoms. The number of aliphatic carboxylic acids is 1. The van der Waals surface area contributed by atoms with Gasteiger partial charge in [-0.1, -0.05) is 24.3 Å². The first-order chi connectivity index (χ1) is 8.15. The highest BCUT2D eigenvalue weighted by Gasteiger charge is 2.07. The van der Waals surface area contributed by atoms with E-state index in [9.17, 15) is 9.18 Å². The van der Waals surface area contributed by atoms with Gasteiger partial charge in [-0.05, 0) is 11.1 Å². The molecular formula is C12H11FN2O2. The van der Waals surface area contributed by atoms with Crippen LogP contribution in [0.5, 0.6) is 0 Å². The lowest BCUT2D eigenvalue weighted by atomic mass is 10.0. The summed E-state index contributed by atoms with van der Waals surface area (Å²) in [6.45, 7) is 0.417. The molecule has 0 bridgehead atoms. The normalized spacial score (nSPS) is 10.4. The number of nitrogens with zero attached hydrogens (tertiary/aromatic N) is 2. The molecule has 0 saturated carbocycles. The molecule has 0 amide bonds. The molecule has 2 aromatic rings. The van der Waals surface area contributed by atoms with E-state index in [0.717, 1.165) is 11.1 Å². The fourth-order valence-corrected chi connectivity index (χ4v) is 1.66. The Morgan fingerprint density at radius 3 is 2.65 bits per heavy atom. The number of imidazole rings is 1. The standard InChI is InChI=1S/C12H11FN2O2/c13-11-7-15(8-14-11)6-10-4-2-1-3-9(10)5-12(16)17/h1-4,7-8H,5-6H2,(H,16,17). The molecule has 0 aliphatic carbocycles. The van der Waals surface area contributed by atoms with Crippen LogP contribution in [0.15, 0.2) is 36.8 Å². The Kier molecular flexibility index (Phi) is 3.18. The number of benzene rings is 1. The van der Waals surface area contributed by atoms with Gasteiger partial charge in [-0.3, -0.25) is 4.79 Å². The summed E-state index contributed by atoms with van der Waals surface area (Å²) in [6.07, 6.45) is 2.62. The van der Waals surface area contributed by atoms with E-state index in [0.29, 0.717) is 6.54 Å².